The molecule has 0 atom stereocenters. The number of sulfonamides is 1. The molecule has 2 N–H and O–H groups in total. The summed E-state index contributed by atoms with van der Waals surface area (Å²) in [6.45, 7) is 0. The van der Waals surface area contributed by atoms with E-state index in [1.165, 1.54) is 23.7 Å². The highest BCUT2D eigenvalue weighted by atomic mass is 35.5. The van der Waals surface area contributed by atoms with Gasteiger partial charge in [0.15, 0.2) is 0 Å². The highest BCUT2D eigenvalue weighted by Gasteiger charge is 2.19. The third-order valence-corrected chi connectivity index (χ3v) is 5.07. The fourth-order valence-electron chi connectivity index (χ4n) is 1.19. The number of carboxylic acids is 1. The van der Waals surface area contributed by atoms with Crippen molar-refractivity contribution in [2.75, 3.05) is 4.72 Å². The third-order valence-electron chi connectivity index (χ3n) is 2.05. The number of nitrogens with zero attached hydrogens (tertiary/aromatic N) is 1. The van der Waals surface area contributed by atoms with Gasteiger partial charge in [0, 0.05) is 11.6 Å². The summed E-state index contributed by atoms with van der Waals surface area (Å²) in [5.74, 6) is -1.07. The van der Waals surface area contributed by atoms with Gasteiger partial charge in [-0.3, -0.25) is 4.72 Å². The molecule has 2 heterocycles. The van der Waals surface area contributed by atoms with Gasteiger partial charge < -0.3 is 5.11 Å². The first-order valence-electron chi connectivity index (χ1n) is 4.85. The van der Waals surface area contributed by atoms with Crippen LogP contribution in [0.4, 0.5) is 5.82 Å². The van der Waals surface area contributed by atoms with Crippen molar-refractivity contribution in [3.63, 3.8) is 0 Å². The van der Waals surface area contributed by atoms with E-state index < -0.39 is 16.0 Å². The van der Waals surface area contributed by atoms with Crippen LogP contribution in [0.25, 0.3) is 0 Å². The second-order valence-electron chi connectivity index (χ2n) is 3.43. The molecular formula is C10H7ClN2O4S2. The Kier molecular flexibility index (Phi) is 3.74. The minimum atomic E-state index is -3.84. The van der Waals surface area contributed by atoms with Gasteiger partial charge in [0.25, 0.3) is 10.0 Å². The van der Waals surface area contributed by atoms with Crippen molar-refractivity contribution in [2.45, 2.75) is 4.21 Å². The van der Waals surface area contributed by atoms with Crippen LogP contribution in [-0.2, 0) is 10.0 Å². The van der Waals surface area contributed by atoms with Gasteiger partial charge >= 0.3 is 5.97 Å². The SMILES string of the molecule is O=C(O)c1csc(S(=O)(=O)Nc2ccc(Cl)cn2)c1. The number of hydrogen-bond acceptors (Lipinski definition) is 5. The van der Waals surface area contributed by atoms with Gasteiger partial charge in [0.1, 0.15) is 10.0 Å². The number of aromatic nitrogens is 1. The fourth-order valence-corrected chi connectivity index (χ4v) is 3.47. The summed E-state index contributed by atoms with van der Waals surface area (Å²) in [6.07, 6.45) is 1.30. The highest BCUT2D eigenvalue weighted by Crippen LogP contribution is 2.22. The van der Waals surface area contributed by atoms with Crippen molar-refractivity contribution < 1.29 is 18.3 Å². The number of hydrogen-bond donors (Lipinski definition) is 2. The molecule has 19 heavy (non-hydrogen) atoms. The zero-order chi connectivity index (χ0) is 14.0. The Hall–Kier alpha value is -1.64. The van der Waals surface area contributed by atoms with E-state index in [4.69, 9.17) is 16.7 Å². The number of carbonyl (C=O) groups is 1. The largest absolute Gasteiger partial charge is 0.478 e. The van der Waals surface area contributed by atoms with Crippen LogP contribution in [0.15, 0.2) is 34.0 Å². The maximum atomic E-state index is 12.0. The van der Waals surface area contributed by atoms with Crippen LogP contribution >= 0.6 is 22.9 Å². The lowest BCUT2D eigenvalue weighted by Gasteiger charge is -2.04. The Labute approximate surface area is 117 Å². The predicted molar refractivity (Wildman–Crippen MR) is 71.3 cm³/mol. The summed E-state index contributed by atoms with van der Waals surface area (Å²) in [5, 5.41) is 10.4. The van der Waals surface area contributed by atoms with Crippen LogP contribution in [-0.4, -0.2) is 24.5 Å². The Bertz CT molecular complexity index is 709. The lowest BCUT2D eigenvalue weighted by atomic mass is 10.4. The molecule has 0 radical (unpaired) electrons. The molecule has 0 saturated heterocycles. The van der Waals surface area contributed by atoms with Crippen LogP contribution in [0.2, 0.25) is 5.02 Å². The number of anilines is 1. The van der Waals surface area contributed by atoms with Gasteiger partial charge in [-0.1, -0.05) is 11.6 Å². The zero-order valence-electron chi connectivity index (χ0n) is 9.20. The molecule has 9 heteroatoms. The van der Waals surface area contributed by atoms with E-state index in [-0.39, 0.29) is 15.6 Å². The summed E-state index contributed by atoms with van der Waals surface area (Å²) in [7, 11) is -3.84. The minimum absolute atomic E-state index is 0.0746. The summed E-state index contributed by atoms with van der Waals surface area (Å²) >= 11 is 6.46. The van der Waals surface area contributed by atoms with E-state index in [0.29, 0.717) is 5.02 Å². The number of aromatic carboxylic acids is 1. The summed E-state index contributed by atoms with van der Waals surface area (Å²) in [4.78, 5) is 14.5. The lowest BCUT2D eigenvalue weighted by molar-refractivity contribution is 0.0697. The van der Waals surface area contributed by atoms with Crippen LogP contribution in [0.1, 0.15) is 10.4 Å². The normalized spacial score (nSPS) is 11.2. The molecule has 0 amide bonds. The van der Waals surface area contributed by atoms with Crippen molar-refractivity contribution in [3.05, 3.63) is 40.4 Å². The number of halogens is 1. The van der Waals surface area contributed by atoms with Gasteiger partial charge in [-0.2, -0.15) is 0 Å². The Balaban J connectivity index is 2.26. The molecule has 100 valence electrons. The van der Waals surface area contributed by atoms with Gasteiger partial charge in [-0.15, -0.1) is 11.3 Å². The second kappa shape index (κ2) is 5.16. The molecule has 6 nitrogen and oxygen atoms in total. The summed E-state index contributed by atoms with van der Waals surface area (Å²) in [5.41, 5.74) is -0.0746. The van der Waals surface area contributed by atoms with Crippen LogP contribution < -0.4 is 4.72 Å². The molecule has 2 aromatic rings. The maximum Gasteiger partial charge on any atom is 0.336 e. The number of nitrogens with one attached hydrogen (secondary N) is 1. The Morgan fingerprint density at radius 2 is 2.16 bits per heavy atom. The number of rotatable bonds is 4. The Morgan fingerprint density at radius 3 is 2.68 bits per heavy atom. The third kappa shape index (κ3) is 3.22. The first-order valence-corrected chi connectivity index (χ1v) is 7.59. The van der Waals surface area contributed by atoms with Gasteiger partial charge in [-0.05, 0) is 18.2 Å². The average Bonchev–Trinajstić information content (AvgIpc) is 2.82. The van der Waals surface area contributed by atoms with E-state index in [1.54, 1.807) is 0 Å². The molecule has 0 bridgehead atoms. The number of thiophene rings is 1. The molecular weight excluding hydrogens is 312 g/mol. The topological polar surface area (TPSA) is 96.4 Å². The predicted octanol–water partition coefficient (Wildman–Crippen LogP) is 2.30. The van der Waals surface area contributed by atoms with Gasteiger partial charge in [0.05, 0.1) is 10.6 Å². The summed E-state index contributed by atoms with van der Waals surface area (Å²) < 4.78 is 26.0. The average molecular weight is 319 g/mol. The van der Waals surface area contributed by atoms with E-state index in [2.05, 4.69) is 9.71 Å². The molecule has 2 rings (SSSR count). The molecule has 0 aliphatic carbocycles. The smallest absolute Gasteiger partial charge is 0.336 e. The molecule has 0 spiro atoms. The van der Waals surface area contributed by atoms with Crippen molar-refractivity contribution >= 4 is 44.7 Å². The first kappa shape index (κ1) is 13.8. The van der Waals surface area contributed by atoms with Gasteiger partial charge in [-0.25, -0.2) is 18.2 Å². The molecule has 0 aliphatic heterocycles. The van der Waals surface area contributed by atoms with Crippen molar-refractivity contribution in [3.8, 4) is 0 Å². The maximum absolute atomic E-state index is 12.0. The fraction of sp³-hybridized carbons (Fsp3) is 0. The van der Waals surface area contributed by atoms with E-state index in [0.717, 1.165) is 17.4 Å². The van der Waals surface area contributed by atoms with Gasteiger partial charge in [0.2, 0.25) is 0 Å². The molecule has 0 fully saturated rings. The number of carboxylic acid groups (broad SMARTS) is 1. The van der Waals surface area contributed by atoms with Crippen molar-refractivity contribution in [2.24, 2.45) is 0 Å². The first-order chi connectivity index (χ1) is 8.88. The van der Waals surface area contributed by atoms with Crippen LogP contribution in [0.5, 0.6) is 0 Å². The molecule has 0 aromatic carbocycles. The molecule has 2 aromatic heterocycles. The van der Waals surface area contributed by atoms with Crippen LogP contribution in [0.3, 0.4) is 0 Å². The standard InChI is InChI=1S/C10H7ClN2O4S2/c11-7-1-2-8(12-4-7)13-19(16,17)9-3-6(5-18-9)10(14)15/h1-5H,(H,12,13)(H,14,15). The molecule has 0 saturated carbocycles. The quantitative estimate of drug-likeness (QED) is 0.901. The van der Waals surface area contributed by atoms with E-state index in [1.807, 2.05) is 0 Å². The minimum Gasteiger partial charge on any atom is -0.478 e. The Morgan fingerprint density at radius 1 is 1.42 bits per heavy atom. The second-order valence-corrected chi connectivity index (χ2v) is 6.68. The van der Waals surface area contributed by atoms with Crippen molar-refractivity contribution in [1.29, 1.82) is 0 Å². The van der Waals surface area contributed by atoms with Crippen LogP contribution in [0, 0.1) is 0 Å². The zero-order valence-corrected chi connectivity index (χ0v) is 11.6. The highest BCUT2D eigenvalue weighted by molar-refractivity contribution is 7.94. The molecule has 0 aliphatic rings. The van der Waals surface area contributed by atoms with Crippen molar-refractivity contribution in [1.82, 2.24) is 4.98 Å². The van der Waals surface area contributed by atoms with E-state index in [9.17, 15) is 13.2 Å². The number of pyridine rings is 1. The van der Waals surface area contributed by atoms with E-state index >= 15 is 0 Å². The lowest BCUT2D eigenvalue weighted by Crippen LogP contribution is -2.12. The monoisotopic (exact) mass is 318 g/mol. The molecule has 0 unspecified atom stereocenters. The summed E-state index contributed by atoms with van der Waals surface area (Å²) in [6, 6.07) is 3.99.